The van der Waals surface area contributed by atoms with Gasteiger partial charge in [-0.05, 0) is 18.6 Å². The molecule has 0 fully saturated rings. The molecule has 1 radical (unpaired) electrons. The number of unbranched alkanes of at least 4 members (excludes halogenated alkanes) is 6. The van der Waals surface area contributed by atoms with Crippen LogP contribution in [-0.4, -0.2) is 15.0 Å². The molecule has 1 aromatic carbocycles. The second-order valence-electron chi connectivity index (χ2n) is 4.71. The van der Waals surface area contributed by atoms with Crippen molar-refractivity contribution in [2.24, 2.45) is 0 Å². The molecule has 0 saturated heterocycles. The molecule has 0 aliphatic heterocycles. The van der Waals surface area contributed by atoms with Crippen LogP contribution in [0.25, 0.3) is 0 Å². The number of hydrogen-bond acceptors (Lipinski definition) is 3. The van der Waals surface area contributed by atoms with Crippen molar-refractivity contribution >= 4 is 10.1 Å². The predicted molar refractivity (Wildman–Crippen MR) is 77.6 cm³/mol. The van der Waals surface area contributed by atoms with Gasteiger partial charge in [-0.25, -0.2) is 0 Å². The average Bonchev–Trinajstić information content (AvgIpc) is 2.43. The van der Waals surface area contributed by atoms with Crippen LogP contribution in [0.4, 0.5) is 0 Å². The third-order valence-electron chi connectivity index (χ3n) is 3.02. The van der Waals surface area contributed by atoms with Crippen molar-refractivity contribution in [2.75, 3.05) is 6.61 Å². The Kier molecular flexibility index (Phi) is 11.1. The maximum absolute atomic E-state index is 11.8. The normalized spacial score (nSPS) is 11.1. The van der Waals surface area contributed by atoms with Crippen LogP contribution >= 0.6 is 0 Å². The van der Waals surface area contributed by atoms with Crippen molar-refractivity contribution < 1.29 is 29.7 Å². The van der Waals surface area contributed by atoms with Crippen LogP contribution in [0, 0.1) is 0 Å². The van der Waals surface area contributed by atoms with E-state index >= 15 is 0 Å². The van der Waals surface area contributed by atoms with Gasteiger partial charge in [0.1, 0.15) is 0 Å². The Balaban J connectivity index is 0.00000361. The SMILES string of the molecule is CCCCCCCCCOS(=O)(=O)c1ccccc1.[Cu]. The van der Waals surface area contributed by atoms with Crippen molar-refractivity contribution in [3.63, 3.8) is 0 Å². The van der Waals surface area contributed by atoms with E-state index in [-0.39, 0.29) is 28.6 Å². The second kappa shape index (κ2) is 11.3. The molecule has 0 aromatic heterocycles. The summed E-state index contributed by atoms with van der Waals surface area (Å²) < 4.78 is 28.6. The van der Waals surface area contributed by atoms with E-state index in [9.17, 15) is 8.42 Å². The van der Waals surface area contributed by atoms with Crippen LogP contribution < -0.4 is 0 Å². The first-order chi connectivity index (χ1) is 9.17. The zero-order valence-corrected chi connectivity index (χ0v) is 13.7. The molecule has 119 valence electrons. The monoisotopic (exact) mass is 347 g/mol. The molecule has 3 nitrogen and oxygen atoms in total. The average molecular weight is 348 g/mol. The van der Waals surface area contributed by atoms with Crippen molar-refractivity contribution in [1.29, 1.82) is 0 Å². The molecule has 0 saturated carbocycles. The summed E-state index contributed by atoms with van der Waals surface area (Å²) in [6, 6.07) is 8.30. The number of hydrogen-bond donors (Lipinski definition) is 0. The molecular weight excluding hydrogens is 324 g/mol. The maximum Gasteiger partial charge on any atom is 0.296 e. The summed E-state index contributed by atoms with van der Waals surface area (Å²) in [5, 5.41) is 0. The van der Waals surface area contributed by atoms with E-state index < -0.39 is 10.1 Å². The minimum absolute atomic E-state index is 0. The van der Waals surface area contributed by atoms with Gasteiger partial charge in [0.15, 0.2) is 0 Å². The molecule has 0 heterocycles. The quantitative estimate of drug-likeness (QED) is 0.363. The second-order valence-corrected chi connectivity index (χ2v) is 6.33. The van der Waals surface area contributed by atoms with E-state index in [0.29, 0.717) is 0 Å². The summed E-state index contributed by atoms with van der Waals surface area (Å²) in [5.74, 6) is 0. The van der Waals surface area contributed by atoms with Gasteiger partial charge in [0, 0.05) is 17.1 Å². The molecule has 0 aliphatic carbocycles. The Labute approximate surface area is 133 Å². The maximum atomic E-state index is 11.8. The Morgan fingerprint density at radius 2 is 1.45 bits per heavy atom. The summed E-state index contributed by atoms with van der Waals surface area (Å²) in [6.07, 6.45) is 8.05. The van der Waals surface area contributed by atoms with E-state index in [0.717, 1.165) is 19.3 Å². The van der Waals surface area contributed by atoms with Gasteiger partial charge in [0.05, 0.1) is 11.5 Å². The third kappa shape index (κ3) is 8.05. The third-order valence-corrected chi connectivity index (χ3v) is 4.34. The summed E-state index contributed by atoms with van der Waals surface area (Å²) in [7, 11) is -3.56. The zero-order valence-electron chi connectivity index (χ0n) is 12.0. The van der Waals surface area contributed by atoms with Gasteiger partial charge < -0.3 is 0 Å². The van der Waals surface area contributed by atoms with Crippen LogP contribution in [-0.2, 0) is 31.4 Å². The topological polar surface area (TPSA) is 43.4 Å². The Morgan fingerprint density at radius 3 is 2.05 bits per heavy atom. The fourth-order valence-corrected chi connectivity index (χ4v) is 2.85. The van der Waals surface area contributed by atoms with Crippen LogP contribution in [0.2, 0.25) is 0 Å². The molecule has 1 aromatic rings. The zero-order chi connectivity index (χ0) is 14.0. The summed E-state index contributed by atoms with van der Waals surface area (Å²) >= 11 is 0. The van der Waals surface area contributed by atoms with E-state index in [1.165, 1.54) is 25.7 Å². The first kappa shape index (κ1) is 19.6. The first-order valence-corrected chi connectivity index (χ1v) is 8.52. The van der Waals surface area contributed by atoms with Gasteiger partial charge >= 0.3 is 0 Å². The van der Waals surface area contributed by atoms with E-state index in [1.807, 2.05) is 0 Å². The van der Waals surface area contributed by atoms with Crippen LogP contribution in [0.5, 0.6) is 0 Å². The molecule has 0 spiro atoms. The van der Waals surface area contributed by atoms with Crippen molar-refractivity contribution in [2.45, 2.75) is 56.8 Å². The minimum Gasteiger partial charge on any atom is -0.266 e. The van der Waals surface area contributed by atoms with E-state index in [4.69, 9.17) is 4.18 Å². The molecule has 0 aliphatic rings. The standard InChI is InChI=1S/C15H24O3S.Cu/c1-2-3-4-5-6-7-11-14-18-19(16,17)15-12-9-8-10-13-15;/h8-10,12-13H,2-7,11,14H2,1H3;. The fraction of sp³-hybridized carbons (Fsp3) is 0.600. The largest absolute Gasteiger partial charge is 0.296 e. The van der Waals surface area contributed by atoms with E-state index in [1.54, 1.807) is 30.3 Å². The molecule has 0 N–H and O–H groups in total. The summed E-state index contributed by atoms with van der Waals surface area (Å²) in [6.45, 7) is 2.48. The summed E-state index contributed by atoms with van der Waals surface area (Å²) in [5.41, 5.74) is 0. The van der Waals surface area contributed by atoms with Crippen molar-refractivity contribution in [1.82, 2.24) is 0 Å². The van der Waals surface area contributed by atoms with Gasteiger partial charge in [-0.3, -0.25) is 4.18 Å². The minimum atomic E-state index is -3.56. The molecule has 0 amide bonds. The van der Waals surface area contributed by atoms with Gasteiger partial charge in [0.25, 0.3) is 10.1 Å². The molecule has 0 atom stereocenters. The smallest absolute Gasteiger partial charge is 0.266 e. The van der Waals surface area contributed by atoms with Crippen LogP contribution in [0.1, 0.15) is 51.9 Å². The Bertz CT molecular complexity index is 432. The molecule has 1 rings (SSSR count). The fourth-order valence-electron chi connectivity index (χ4n) is 1.88. The predicted octanol–water partition coefficient (Wildman–Crippen LogP) is 4.14. The van der Waals surface area contributed by atoms with Crippen LogP contribution in [0.15, 0.2) is 35.2 Å². The van der Waals surface area contributed by atoms with Gasteiger partial charge in [-0.15, -0.1) is 0 Å². The van der Waals surface area contributed by atoms with Gasteiger partial charge in [0.2, 0.25) is 0 Å². The molecule has 0 bridgehead atoms. The van der Waals surface area contributed by atoms with Crippen LogP contribution in [0.3, 0.4) is 0 Å². The Morgan fingerprint density at radius 1 is 0.900 bits per heavy atom. The molecule has 0 unspecified atom stereocenters. The molecule has 20 heavy (non-hydrogen) atoms. The summed E-state index contributed by atoms with van der Waals surface area (Å²) in [4.78, 5) is 0.234. The molecule has 5 heteroatoms. The number of rotatable bonds is 10. The van der Waals surface area contributed by atoms with E-state index in [2.05, 4.69) is 6.92 Å². The Hall–Kier alpha value is -0.351. The first-order valence-electron chi connectivity index (χ1n) is 7.11. The molecular formula is C15H24CuO3S. The van der Waals surface area contributed by atoms with Gasteiger partial charge in [-0.2, -0.15) is 8.42 Å². The van der Waals surface area contributed by atoms with Crippen molar-refractivity contribution in [3.05, 3.63) is 30.3 Å². The van der Waals surface area contributed by atoms with Crippen molar-refractivity contribution in [3.8, 4) is 0 Å². The number of benzene rings is 1. The van der Waals surface area contributed by atoms with Gasteiger partial charge in [-0.1, -0.05) is 63.6 Å².